The highest BCUT2D eigenvalue weighted by atomic mass is 16.2. The van der Waals surface area contributed by atoms with E-state index in [9.17, 15) is 9.59 Å². The highest BCUT2D eigenvalue weighted by Gasteiger charge is 2.13. The van der Waals surface area contributed by atoms with Crippen molar-refractivity contribution < 1.29 is 4.79 Å². The van der Waals surface area contributed by atoms with E-state index in [2.05, 4.69) is 58.4 Å². The smallest absolute Gasteiger partial charge is 0.291 e. The lowest BCUT2D eigenvalue weighted by atomic mass is 10.1. The normalized spacial score (nSPS) is 11.2. The number of anilines is 1. The number of fused-ring (bicyclic) bond motifs is 3. The Morgan fingerprint density at radius 2 is 1.94 bits per heavy atom. The molecule has 0 fully saturated rings. The Kier molecular flexibility index (Phi) is 6.25. The van der Waals surface area contributed by atoms with Gasteiger partial charge in [0.25, 0.3) is 5.56 Å². The Morgan fingerprint density at radius 3 is 2.72 bits per heavy atom. The van der Waals surface area contributed by atoms with Gasteiger partial charge in [-0.2, -0.15) is 5.10 Å². The lowest BCUT2D eigenvalue weighted by molar-refractivity contribution is -0.121. The molecule has 32 heavy (non-hydrogen) atoms. The van der Waals surface area contributed by atoms with E-state index in [1.54, 1.807) is 6.20 Å². The molecule has 0 spiro atoms. The average molecular weight is 432 g/mol. The number of carbonyl (C=O) groups excluding carboxylic acids is 1. The number of hydrogen-bond acceptors (Lipinski definition) is 4. The van der Waals surface area contributed by atoms with Crippen molar-refractivity contribution in [3.8, 4) is 0 Å². The lowest BCUT2D eigenvalue weighted by Gasteiger charge is -2.23. The van der Waals surface area contributed by atoms with Gasteiger partial charge < -0.3 is 15.2 Å². The average Bonchev–Trinajstić information content (AvgIpc) is 3.14. The third-order valence-corrected chi connectivity index (χ3v) is 5.74. The van der Waals surface area contributed by atoms with Gasteiger partial charge in [-0.1, -0.05) is 23.8 Å². The summed E-state index contributed by atoms with van der Waals surface area (Å²) in [5, 5.41) is 8.89. The van der Waals surface area contributed by atoms with Gasteiger partial charge in [-0.25, -0.2) is 4.68 Å². The van der Waals surface area contributed by atoms with E-state index in [0.717, 1.165) is 41.4 Å². The largest absolute Gasteiger partial charge is 0.372 e. The molecule has 2 heterocycles. The van der Waals surface area contributed by atoms with Crippen molar-refractivity contribution in [1.82, 2.24) is 20.1 Å². The van der Waals surface area contributed by atoms with E-state index in [-0.39, 0.29) is 18.0 Å². The second kappa shape index (κ2) is 9.26. The van der Waals surface area contributed by atoms with Crippen molar-refractivity contribution in [2.75, 3.05) is 24.5 Å². The molecule has 4 rings (SSSR count). The molecule has 0 bridgehead atoms. The van der Waals surface area contributed by atoms with E-state index in [1.807, 2.05) is 25.1 Å². The van der Waals surface area contributed by atoms with Crippen LogP contribution in [0.4, 0.5) is 5.69 Å². The maximum absolute atomic E-state index is 12.8. The number of H-pyrrole nitrogens is 1. The molecule has 0 aliphatic carbocycles. The van der Waals surface area contributed by atoms with Crippen LogP contribution >= 0.6 is 0 Å². The number of aryl methyl sites for hydroxylation is 2. The fourth-order valence-corrected chi connectivity index (χ4v) is 4.04. The molecule has 166 valence electrons. The first-order chi connectivity index (χ1) is 15.5. The zero-order valence-electron chi connectivity index (χ0n) is 18.8. The first-order valence-electron chi connectivity index (χ1n) is 11.0. The molecule has 2 aromatic heterocycles. The predicted octanol–water partition coefficient (Wildman–Crippen LogP) is 3.53. The van der Waals surface area contributed by atoms with Crippen LogP contribution in [0, 0.1) is 13.8 Å². The molecule has 7 nitrogen and oxygen atoms in total. The SMILES string of the molecule is CCN(CCCNC(=O)Cn1ncc2c([nH]c3ccc(C)cc32)c1=O)c1cccc(C)c1. The predicted molar refractivity (Wildman–Crippen MR) is 129 cm³/mol. The van der Waals surface area contributed by atoms with Crippen molar-refractivity contribution in [2.45, 2.75) is 33.7 Å². The number of nitrogens with one attached hydrogen (secondary N) is 2. The summed E-state index contributed by atoms with van der Waals surface area (Å²) in [4.78, 5) is 30.7. The minimum atomic E-state index is -0.289. The zero-order chi connectivity index (χ0) is 22.7. The van der Waals surface area contributed by atoms with Crippen LogP contribution in [0.15, 0.2) is 53.5 Å². The van der Waals surface area contributed by atoms with E-state index in [4.69, 9.17) is 0 Å². The van der Waals surface area contributed by atoms with Crippen LogP contribution in [0.5, 0.6) is 0 Å². The van der Waals surface area contributed by atoms with Gasteiger partial charge in [0, 0.05) is 41.6 Å². The molecule has 0 aliphatic rings. The maximum atomic E-state index is 12.8. The monoisotopic (exact) mass is 431 g/mol. The third kappa shape index (κ3) is 4.51. The Labute approximate surface area is 187 Å². The zero-order valence-corrected chi connectivity index (χ0v) is 18.8. The summed E-state index contributed by atoms with van der Waals surface area (Å²) in [7, 11) is 0. The van der Waals surface area contributed by atoms with Crippen LogP contribution in [0.2, 0.25) is 0 Å². The summed E-state index contributed by atoms with van der Waals surface area (Å²) >= 11 is 0. The van der Waals surface area contributed by atoms with Gasteiger partial charge in [0.1, 0.15) is 12.1 Å². The second-order valence-electron chi connectivity index (χ2n) is 8.19. The summed E-state index contributed by atoms with van der Waals surface area (Å²) in [6.45, 7) is 8.42. The number of benzene rings is 2. The first-order valence-corrected chi connectivity index (χ1v) is 11.0. The van der Waals surface area contributed by atoms with Crippen LogP contribution < -0.4 is 15.8 Å². The molecule has 2 aromatic carbocycles. The molecule has 4 aromatic rings. The minimum absolute atomic E-state index is 0.0987. The number of carbonyl (C=O) groups is 1. The highest BCUT2D eigenvalue weighted by molar-refractivity contribution is 6.06. The third-order valence-electron chi connectivity index (χ3n) is 5.74. The quantitative estimate of drug-likeness (QED) is 0.418. The molecule has 0 aliphatic heterocycles. The van der Waals surface area contributed by atoms with Gasteiger partial charge >= 0.3 is 0 Å². The number of rotatable bonds is 8. The summed E-state index contributed by atoms with van der Waals surface area (Å²) in [6, 6.07) is 14.4. The van der Waals surface area contributed by atoms with Gasteiger partial charge in [0.05, 0.1) is 6.20 Å². The number of nitrogens with zero attached hydrogens (tertiary/aromatic N) is 3. The van der Waals surface area contributed by atoms with Crippen molar-refractivity contribution in [3.05, 3.63) is 70.1 Å². The number of hydrogen-bond donors (Lipinski definition) is 2. The van der Waals surface area contributed by atoms with E-state index in [0.29, 0.717) is 12.1 Å². The Hall–Kier alpha value is -3.61. The van der Waals surface area contributed by atoms with Crippen LogP contribution in [0.25, 0.3) is 21.8 Å². The number of aromatic nitrogens is 3. The Balaban J connectivity index is 1.36. The van der Waals surface area contributed by atoms with Gasteiger partial charge in [-0.3, -0.25) is 9.59 Å². The lowest BCUT2D eigenvalue weighted by Crippen LogP contribution is -2.35. The number of aromatic amines is 1. The standard InChI is InChI=1S/C25H29N5O2/c1-4-29(19-8-5-7-17(2)13-19)12-6-11-26-23(31)16-30-25(32)24-21(15-27-30)20-14-18(3)9-10-22(20)28-24/h5,7-10,13-15,28H,4,6,11-12,16H2,1-3H3,(H,26,31). The van der Waals surface area contributed by atoms with Crippen molar-refractivity contribution in [1.29, 1.82) is 0 Å². The van der Waals surface area contributed by atoms with Crippen LogP contribution in [0.3, 0.4) is 0 Å². The second-order valence-corrected chi connectivity index (χ2v) is 8.19. The van der Waals surface area contributed by atoms with Crippen molar-refractivity contribution in [3.63, 3.8) is 0 Å². The molecular formula is C25H29N5O2. The minimum Gasteiger partial charge on any atom is -0.372 e. The Morgan fingerprint density at radius 1 is 1.12 bits per heavy atom. The molecule has 0 radical (unpaired) electrons. The van der Waals surface area contributed by atoms with Gasteiger partial charge in [0.2, 0.25) is 5.91 Å². The van der Waals surface area contributed by atoms with E-state index in [1.165, 1.54) is 15.9 Å². The van der Waals surface area contributed by atoms with E-state index >= 15 is 0 Å². The molecule has 2 N–H and O–H groups in total. The summed E-state index contributed by atoms with van der Waals surface area (Å²) < 4.78 is 1.21. The van der Waals surface area contributed by atoms with Gasteiger partial charge in [0.15, 0.2) is 0 Å². The number of amides is 1. The topological polar surface area (TPSA) is 83.0 Å². The molecule has 0 unspecified atom stereocenters. The van der Waals surface area contributed by atoms with Crippen molar-refractivity contribution >= 4 is 33.4 Å². The van der Waals surface area contributed by atoms with Crippen LogP contribution in [-0.2, 0) is 11.3 Å². The molecule has 0 atom stereocenters. The van der Waals surface area contributed by atoms with Crippen LogP contribution in [0.1, 0.15) is 24.5 Å². The maximum Gasteiger partial charge on any atom is 0.291 e. The van der Waals surface area contributed by atoms with Gasteiger partial charge in [-0.15, -0.1) is 0 Å². The summed E-state index contributed by atoms with van der Waals surface area (Å²) in [5.74, 6) is -0.218. The van der Waals surface area contributed by atoms with Crippen LogP contribution in [-0.4, -0.2) is 40.3 Å². The van der Waals surface area contributed by atoms with E-state index < -0.39 is 0 Å². The fourth-order valence-electron chi connectivity index (χ4n) is 4.04. The molecule has 0 saturated heterocycles. The first kappa shape index (κ1) is 21.6. The molecule has 1 amide bonds. The molecule has 0 saturated carbocycles. The van der Waals surface area contributed by atoms with Gasteiger partial charge in [-0.05, 0) is 57.0 Å². The molecular weight excluding hydrogens is 402 g/mol. The fraction of sp³-hybridized carbons (Fsp3) is 0.320. The molecule has 7 heteroatoms. The summed E-state index contributed by atoms with van der Waals surface area (Å²) in [5.41, 5.74) is 4.62. The Bertz CT molecular complexity index is 1320. The van der Waals surface area contributed by atoms with Crippen molar-refractivity contribution in [2.24, 2.45) is 0 Å². The highest BCUT2D eigenvalue weighted by Crippen LogP contribution is 2.23. The summed E-state index contributed by atoms with van der Waals surface area (Å²) in [6.07, 6.45) is 2.47.